The van der Waals surface area contributed by atoms with E-state index in [2.05, 4.69) is 39.2 Å². The van der Waals surface area contributed by atoms with Crippen LogP contribution in [0.1, 0.15) is 34.1 Å². The van der Waals surface area contributed by atoms with E-state index in [1.165, 1.54) is 26.0 Å². The minimum atomic E-state index is -2.31. The Kier molecular flexibility index (Phi) is 11.0. The molecule has 0 aromatic rings. The number of methoxy groups -OCH3 is 2. The zero-order valence-corrected chi connectivity index (χ0v) is 23.2. The standard InChI is InChI=1S/C23H39NO8SSi/c1-15-19(20(27)28)16(9-11-23(15,31-6)32-34(7,8)22(2,3)4)13-33-14-17(21(29)30-5)24-18(26)10-12-25/h9,11,16-17,25H,10,12-14H2,1-8H3,(H,24,26)(H,27,28). The second-order valence-corrected chi connectivity index (χ2v) is 15.5. The molecule has 0 heterocycles. The van der Waals surface area contributed by atoms with Gasteiger partial charge in [-0.25, -0.2) is 9.59 Å². The summed E-state index contributed by atoms with van der Waals surface area (Å²) < 4.78 is 17.1. The number of carbonyl (C=O) groups excluding carboxylic acids is 2. The number of allylic oxidation sites excluding steroid dienone is 1. The van der Waals surface area contributed by atoms with Crippen molar-refractivity contribution in [3.63, 3.8) is 0 Å². The maximum atomic E-state index is 12.3. The van der Waals surface area contributed by atoms with Gasteiger partial charge >= 0.3 is 11.9 Å². The Labute approximate surface area is 207 Å². The first kappa shape index (κ1) is 30.4. The van der Waals surface area contributed by atoms with E-state index >= 15 is 0 Å². The Balaban J connectivity index is 3.09. The fourth-order valence-electron chi connectivity index (χ4n) is 3.29. The summed E-state index contributed by atoms with van der Waals surface area (Å²) in [6.45, 7) is 11.8. The predicted octanol–water partition coefficient (Wildman–Crippen LogP) is 2.71. The van der Waals surface area contributed by atoms with Gasteiger partial charge in [-0.3, -0.25) is 4.79 Å². The van der Waals surface area contributed by atoms with Gasteiger partial charge in [0, 0.05) is 36.5 Å². The molecule has 0 aromatic carbocycles. The Morgan fingerprint density at radius 1 is 1.26 bits per heavy atom. The van der Waals surface area contributed by atoms with E-state index in [0.717, 1.165) is 0 Å². The number of carboxylic acid groups (broad SMARTS) is 1. The summed E-state index contributed by atoms with van der Waals surface area (Å²) in [7, 11) is 0.420. The largest absolute Gasteiger partial charge is 0.478 e. The Hall–Kier alpha value is -1.66. The molecule has 0 fully saturated rings. The highest BCUT2D eigenvalue weighted by molar-refractivity contribution is 7.99. The van der Waals surface area contributed by atoms with Crippen LogP contribution in [0.5, 0.6) is 0 Å². The highest BCUT2D eigenvalue weighted by Gasteiger charge is 2.48. The lowest BCUT2D eigenvalue weighted by Gasteiger charge is -2.46. The zero-order valence-electron chi connectivity index (χ0n) is 21.4. The van der Waals surface area contributed by atoms with Crippen molar-refractivity contribution in [1.82, 2.24) is 5.32 Å². The molecule has 3 atom stereocenters. The number of hydrogen-bond donors (Lipinski definition) is 3. The first-order chi connectivity index (χ1) is 15.7. The number of esters is 1. The highest BCUT2D eigenvalue weighted by Crippen LogP contribution is 2.44. The third-order valence-electron chi connectivity index (χ3n) is 6.33. The molecule has 194 valence electrons. The van der Waals surface area contributed by atoms with Crippen molar-refractivity contribution >= 4 is 37.9 Å². The van der Waals surface area contributed by atoms with Crippen LogP contribution in [0.2, 0.25) is 18.1 Å². The van der Waals surface area contributed by atoms with Crippen molar-refractivity contribution in [2.24, 2.45) is 5.92 Å². The minimum absolute atomic E-state index is 0.105. The Morgan fingerprint density at radius 3 is 2.35 bits per heavy atom. The predicted molar refractivity (Wildman–Crippen MR) is 134 cm³/mol. The maximum absolute atomic E-state index is 12.3. The van der Waals surface area contributed by atoms with E-state index in [0.29, 0.717) is 11.3 Å². The zero-order chi connectivity index (χ0) is 26.3. The van der Waals surface area contributed by atoms with Gasteiger partial charge in [0.05, 0.1) is 13.7 Å². The molecule has 1 aliphatic rings. The fourth-order valence-corrected chi connectivity index (χ4v) is 5.78. The molecule has 9 nitrogen and oxygen atoms in total. The van der Waals surface area contributed by atoms with Gasteiger partial charge in [0.2, 0.25) is 11.7 Å². The van der Waals surface area contributed by atoms with E-state index in [-0.39, 0.29) is 29.4 Å². The number of carboxylic acids is 1. The maximum Gasteiger partial charge on any atom is 0.332 e. The number of amides is 1. The molecule has 3 unspecified atom stereocenters. The molecular weight excluding hydrogens is 478 g/mol. The molecule has 3 N–H and O–H groups in total. The number of rotatable bonds is 12. The van der Waals surface area contributed by atoms with E-state index in [9.17, 15) is 19.5 Å². The lowest BCUT2D eigenvalue weighted by Crippen LogP contribution is -2.52. The van der Waals surface area contributed by atoms with Crippen LogP contribution in [0.25, 0.3) is 0 Å². The van der Waals surface area contributed by atoms with E-state index < -0.39 is 43.9 Å². The molecule has 0 saturated heterocycles. The number of nitrogens with one attached hydrogen (secondary N) is 1. The summed E-state index contributed by atoms with van der Waals surface area (Å²) in [6.07, 6.45) is 3.43. The molecule has 0 aromatic heterocycles. The van der Waals surface area contributed by atoms with Crippen LogP contribution in [0, 0.1) is 5.92 Å². The molecule has 0 spiro atoms. The Morgan fingerprint density at radius 2 is 1.88 bits per heavy atom. The van der Waals surface area contributed by atoms with Gasteiger partial charge < -0.3 is 29.4 Å². The van der Waals surface area contributed by atoms with Crippen molar-refractivity contribution in [2.45, 2.75) is 64.1 Å². The van der Waals surface area contributed by atoms with Gasteiger partial charge in [-0.15, -0.1) is 0 Å². The van der Waals surface area contributed by atoms with Gasteiger partial charge in [-0.1, -0.05) is 26.8 Å². The van der Waals surface area contributed by atoms with E-state index in [1.807, 2.05) is 0 Å². The topological polar surface area (TPSA) is 131 Å². The van der Waals surface area contributed by atoms with Gasteiger partial charge in [-0.05, 0) is 36.7 Å². The number of thioether (sulfide) groups is 1. The number of ether oxygens (including phenoxy) is 2. The van der Waals surface area contributed by atoms with Crippen LogP contribution in [-0.2, 0) is 28.3 Å². The third-order valence-corrected chi connectivity index (χ3v) is 11.9. The smallest absolute Gasteiger partial charge is 0.332 e. The van der Waals surface area contributed by atoms with Crippen LogP contribution in [0.3, 0.4) is 0 Å². The van der Waals surface area contributed by atoms with Gasteiger partial charge in [0.25, 0.3) is 0 Å². The second-order valence-electron chi connectivity index (χ2n) is 9.70. The van der Waals surface area contributed by atoms with E-state index in [4.69, 9.17) is 19.0 Å². The molecule has 0 radical (unpaired) electrons. The number of aliphatic hydroxyl groups excluding tert-OH is 1. The van der Waals surface area contributed by atoms with Crippen LogP contribution >= 0.6 is 11.8 Å². The summed E-state index contributed by atoms with van der Waals surface area (Å²) in [6, 6.07) is -0.903. The van der Waals surface area contributed by atoms with Crippen LogP contribution in [0.4, 0.5) is 0 Å². The molecular formula is C23H39NO8SSi. The van der Waals surface area contributed by atoms with Crippen LogP contribution < -0.4 is 5.32 Å². The molecule has 11 heteroatoms. The number of aliphatic hydroxyl groups is 1. The van der Waals surface area contributed by atoms with Crippen LogP contribution in [-0.4, -0.2) is 80.5 Å². The third kappa shape index (κ3) is 7.42. The quantitative estimate of drug-likeness (QED) is 0.155. The highest BCUT2D eigenvalue weighted by atomic mass is 32.2. The molecule has 1 rings (SSSR count). The monoisotopic (exact) mass is 517 g/mol. The normalized spacial score (nSPS) is 21.9. The molecule has 1 amide bonds. The Bertz CT molecular complexity index is 820. The first-order valence-electron chi connectivity index (χ1n) is 11.1. The van der Waals surface area contributed by atoms with Gasteiger partial charge in [0.1, 0.15) is 6.04 Å². The summed E-state index contributed by atoms with van der Waals surface area (Å²) >= 11 is 1.32. The van der Waals surface area contributed by atoms with Crippen molar-refractivity contribution in [2.75, 3.05) is 32.3 Å². The molecule has 34 heavy (non-hydrogen) atoms. The first-order valence-corrected chi connectivity index (χ1v) is 15.2. The van der Waals surface area contributed by atoms with Crippen molar-refractivity contribution in [3.05, 3.63) is 23.3 Å². The molecule has 0 bridgehead atoms. The number of aliphatic carboxylic acids is 1. The summed E-state index contributed by atoms with van der Waals surface area (Å²) in [5.74, 6) is -3.29. The lowest BCUT2D eigenvalue weighted by molar-refractivity contribution is -0.144. The average molecular weight is 518 g/mol. The van der Waals surface area contributed by atoms with Crippen molar-refractivity contribution in [3.8, 4) is 0 Å². The SMILES string of the molecule is COC(=O)C(CSCC1C=CC(OC)(O[Si](C)(C)C(C)(C)C)C(C)=C1C(=O)O)NC(=O)CCO. The van der Waals surface area contributed by atoms with Gasteiger partial charge in [0.15, 0.2) is 8.32 Å². The van der Waals surface area contributed by atoms with E-state index in [1.54, 1.807) is 19.1 Å². The fraction of sp³-hybridized carbons (Fsp3) is 0.696. The van der Waals surface area contributed by atoms with Crippen LogP contribution in [0.15, 0.2) is 23.3 Å². The number of hydrogen-bond acceptors (Lipinski definition) is 8. The molecule has 0 aliphatic heterocycles. The second kappa shape index (κ2) is 12.3. The van der Waals surface area contributed by atoms with Gasteiger partial charge in [-0.2, -0.15) is 11.8 Å². The molecule has 0 saturated carbocycles. The molecule has 1 aliphatic carbocycles. The summed E-state index contributed by atoms with van der Waals surface area (Å²) in [4.78, 5) is 36.1. The summed E-state index contributed by atoms with van der Waals surface area (Å²) in [5.41, 5.74) is 0.677. The van der Waals surface area contributed by atoms with Crippen molar-refractivity contribution in [1.29, 1.82) is 0 Å². The summed E-state index contributed by atoms with van der Waals surface area (Å²) in [5, 5.41) is 21.4. The van der Waals surface area contributed by atoms with Crippen molar-refractivity contribution < 1.29 is 38.5 Å². The average Bonchev–Trinajstić information content (AvgIpc) is 2.73. The lowest BCUT2D eigenvalue weighted by atomic mass is 9.86. The minimum Gasteiger partial charge on any atom is -0.478 e. The number of carbonyl (C=O) groups is 3.